The van der Waals surface area contributed by atoms with Crippen LogP contribution in [-0.4, -0.2) is 0 Å². The Morgan fingerprint density at radius 3 is 2.17 bits per heavy atom. The van der Waals surface area contributed by atoms with E-state index >= 15 is 0 Å². The zero-order valence-electron chi connectivity index (χ0n) is 16.1. The van der Waals surface area contributed by atoms with E-state index in [1.165, 1.54) is 10.1 Å². The van der Waals surface area contributed by atoms with Gasteiger partial charge in [0.1, 0.15) is 0 Å². The van der Waals surface area contributed by atoms with Crippen LogP contribution in [0, 0.1) is 0 Å². The van der Waals surface area contributed by atoms with E-state index in [9.17, 15) is 0 Å². The number of nitrogens with one attached hydrogen (secondary N) is 1. The van der Waals surface area contributed by atoms with Crippen molar-refractivity contribution in [3.05, 3.63) is 114 Å². The molecule has 0 saturated heterocycles. The molecule has 0 spiro atoms. The Morgan fingerprint density at radius 2 is 1.37 bits per heavy atom. The summed E-state index contributed by atoms with van der Waals surface area (Å²) in [6.07, 6.45) is 0. The number of anilines is 5. The van der Waals surface area contributed by atoms with Crippen molar-refractivity contribution in [1.29, 1.82) is 0 Å². The lowest BCUT2D eigenvalue weighted by molar-refractivity contribution is 1.30. The first-order valence-electron chi connectivity index (χ1n) is 9.73. The molecule has 5 aromatic rings. The number of hydrogen-bond acceptors (Lipinski definition) is 3. The van der Waals surface area contributed by atoms with Gasteiger partial charge < -0.3 is 10.2 Å². The van der Waals surface area contributed by atoms with Crippen molar-refractivity contribution in [2.45, 2.75) is 0 Å². The SMILES string of the molecule is Clc1c(Nc2ccccc2)cccc1N(c1ccccc1)c1csc2ccccc12. The van der Waals surface area contributed by atoms with Crippen molar-refractivity contribution in [1.82, 2.24) is 0 Å². The summed E-state index contributed by atoms with van der Waals surface area (Å²) in [5, 5.41) is 7.54. The second-order valence-corrected chi connectivity index (χ2v) is 8.21. The highest BCUT2D eigenvalue weighted by molar-refractivity contribution is 7.17. The van der Waals surface area contributed by atoms with Crippen LogP contribution in [0.2, 0.25) is 5.02 Å². The van der Waals surface area contributed by atoms with Crippen molar-refractivity contribution < 1.29 is 0 Å². The van der Waals surface area contributed by atoms with E-state index in [4.69, 9.17) is 11.6 Å². The molecule has 2 nitrogen and oxygen atoms in total. The van der Waals surface area contributed by atoms with Gasteiger partial charge in [-0.15, -0.1) is 11.3 Å². The minimum atomic E-state index is 0.681. The average Bonchev–Trinajstić information content (AvgIpc) is 3.22. The molecule has 146 valence electrons. The molecule has 0 aliphatic heterocycles. The summed E-state index contributed by atoms with van der Waals surface area (Å²) < 4.78 is 1.25. The van der Waals surface area contributed by atoms with E-state index in [1.54, 1.807) is 11.3 Å². The van der Waals surface area contributed by atoms with Gasteiger partial charge in [-0.25, -0.2) is 0 Å². The molecule has 0 amide bonds. The molecule has 0 bridgehead atoms. The Hall–Kier alpha value is -3.27. The highest BCUT2D eigenvalue weighted by atomic mass is 35.5. The molecule has 30 heavy (non-hydrogen) atoms. The molecule has 0 radical (unpaired) electrons. The third-order valence-corrected chi connectivity index (χ3v) is 6.34. The molecule has 0 aliphatic rings. The fourth-order valence-electron chi connectivity index (χ4n) is 3.59. The molecular weight excluding hydrogens is 408 g/mol. The summed E-state index contributed by atoms with van der Waals surface area (Å²) in [7, 11) is 0. The summed E-state index contributed by atoms with van der Waals surface area (Å²) in [5.41, 5.74) is 5.01. The molecule has 5 rings (SSSR count). The van der Waals surface area contributed by atoms with Gasteiger partial charge in [-0.2, -0.15) is 0 Å². The molecule has 0 saturated carbocycles. The Kier molecular flexibility index (Phi) is 5.14. The quantitative estimate of drug-likeness (QED) is 0.302. The third-order valence-electron chi connectivity index (χ3n) is 4.99. The largest absolute Gasteiger partial charge is 0.354 e. The molecule has 4 heteroatoms. The van der Waals surface area contributed by atoms with Crippen molar-refractivity contribution in [3.63, 3.8) is 0 Å². The van der Waals surface area contributed by atoms with Crippen LogP contribution in [0.25, 0.3) is 10.1 Å². The van der Waals surface area contributed by atoms with Crippen LogP contribution in [0.4, 0.5) is 28.4 Å². The Labute approximate surface area is 185 Å². The molecule has 1 N–H and O–H groups in total. The molecule has 0 aliphatic carbocycles. The Balaban J connectivity index is 1.66. The van der Waals surface area contributed by atoms with E-state index in [0.717, 1.165) is 28.4 Å². The molecule has 0 fully saturated rings. The first-order valence-corrected chi connectivity index (χ1v) is 11.0. The van der Waals surface area contributed by atoms with E-state index in [2.05, 4.69) is 70.2 Å². The van der Waals surface area contributed by atoms with Gasteiger partial charge in [0, 0.05) is 26.8 Å². The van der Waals surface area contributed by atoms with Gasteiger partial charge in [-0.1, -0.05) is 72.3 Å². The lowest BCUT2D eigenvalue weighted by Crippen LogP contribution is -2.10. The van der Waals surface area contributed by atoms with E-state index in [0.29, 0.717) is 5.02 Å². The second kappa shape index (κ2) is 8.23. The Morgan fingerprint density at radius 1 is 0.667 bits per heavy atom. The molecule has 0 atom stereocenters. The maximum Gasteiger partial charge on any atom is 0.0881 e. The highest BCUT2D eigenvalue weighted by Crippen LogP contribution is 2.46. The van der Waals surface area contributed by atoms with Crippen molar-refractivity contribution in [3.8, 4) is 0 Å². The van der Waals surface area contributed by atoms with Gasteiger partial charge >= 0.3 is 0 Å². The molecule has 1 aromatic heterocycles. The number of nitrogens with zero attached hydrogens (tertiary/aromatic N) is 1. The number of rotatable bonds is 5. The van der Waals surface area contributed by atoms with Gasteiger partial charge in [-0.05, 0) is 42.5 Å². The van der Waals surface area contributed by atoms with Gasteiger partial charge in [-0.3, -0.25) is 0 Å². The van der Waals surface area contributed by atoms with Crippen LogP contribution in [0.1, 0.15) is 0 Å². The van der Waals surface area contributed by atoms with Crippen molar-refractivity contribution >= 4 is 61.5 Å². The van der Waals surface area contributed by atoms with Crippen LogP contribution in [0.15, 0.2) is 109 Å². The maximum atomic E-state index is 6.97. The second-order valence-electron chi connectivity index (χ2n) is 6.92. The van der Waals surface area contributed by atoms with Gasteiger partial charge in [0.05, 0.1) is 22.1 Å². The predicted molar refractivity (Wildman–Crippen MR) is 131 cm³/mol. The average molecular weight is 427 g/mol. The number of thiophene rings is 1. The third kappa shape index (κ3) is 3.54. The molecule has 1 heterocycles. The number of fused-ring (bicyclic) bond motifs is 1. The number of hydrogen-bond donors (Lipinski definition) is 1. The fraction of sp³-hybridized carbons (Fsp3) is 0. The Bertz CT molecular complexity index is 1280. The molecular formula is C26H19ClN2S. The molecule has 0 unspecified atom stereocenters. The summed E-state index contributed by atoms with van der Waals surface area (Å²) >= 11 is 8.71. The van der Waals surface area contributed by atoms with E-state index in [1.807, 2.05) is 48.5 Å². The topological polar surface area (TPSA) is 15.3 Å². The first kappa shape index (κ1) is 18.7. The lowest BCUT2D eigenvalue weighted by Gasteiger charge is -2.26. The van der Waals surface area contributed by atoms with Gasteiger partial charge in [0.15, 0.2) is 0 Å². The van der Waals surface area contributed by atoms with Crippen LogP contribution in [0.5, 0.6) is 0 Å². The summed E-state index contributed by atoms with van der Waals surface area (Å²) in [6.45, 7) is 0. The van der Waals surface area contributed by atoms with Crippen molar-refractivity contribution in [2.75, 3.05) is 10.2 Å². The summed E-state index contributed by atoms with van der Waals surface area (Å²) in [6, 6.07) is 35.0. The summed E-state index contributed by atoms with van der Waals surface area (Å²) in [5.74, 6) is 0. The fourth-order valence-corrected chi connectivity index (χ4v) is 4.77. The summed E-state index contributed by atoms with van der Waals surface area (Å²) in [4.78, 5) is 2.23. The predicted octanol–water partition coefficient (Wildman–Crippen LogP) is 8.77. The zero-order chi connectivity index (χ0) is 20.3. The highest BCUT2D eigenvalue weighted by Gasteiger charge is 2.20. The number of halogens is 1. The zero-order valence-corrected chi connectivity index (χ0v) is 17.7. The van der Waals surface area contributed by atoms with Crippen LogP contribution < -0.4 is 10.2 Å². The molecule has 4 aromatic carbocycles. The van der Waals surface area contributed by atoms with Gasteiger partial charge in [0.25, 0.3) is 0 Å². The van der Waals surface area contributed by atoms with E-state index in [-0.39, 0.29) is 0 Å². The standard InChI is InChI=1S/C26H19ClN2S/c27-26-22(28-19-10-3-1-4-11-19)15-9-16-23(26)29(20-12-5-2-6-13-20)24-18-30-25-17-8-7-14-21(24)25/h1-18,28H. The lowest BCUT2D eigenvalue weighted by atomic mass is 10.1. The monoisotopic (exact) mass is 426 g/mol. The minimum Gasteiger partial charge on any atom is -0.354 e. The number of benzene rings is 4. The maximum absolute atomic E-state index is 6.97. The minimum absolute atomic E-state index is 0.681. The van der Waals surface area contributed by atoms with Crippen LogP contribution in [0.3, 0.4) is 0 Å². The smallest absolute Gasteiger partial charge is 0.0881 e. The van der Waals surface area contributed by atoms with Crippen molar-refractivity contribution in [2.24, 2.45) is 0 Å². The number of para-hydroxylation sites is 2. The van der Waals surface area contributed by atoms with Crippen LogP contribution in [-0.2, 0) is 0 Å². The first-order chi connectivity index (χ1) is 14.8. The van der Waals surface area contributed by atoms with Gasteiger partial charge in [0.2, 0.25) is 0 Å². The normalized spacial score (nSPS) is 10.8. The van der Waals surface area contributed by atoms with Crippen LogP contribution >= 0.6 is 22.9 Å². The van der Waals surface area contributed by atoms with E-state index < -0.39 is 0 Å².